The molecule has 0 amide bonds. The fourth-order valence-corrected chi connectivity index (χ4v) is 2.01. The molecule has 1 aromatic heterocycles. The van der Waals surface area contributed by atoms with Gasteiger partial charge >= 0.3 is 5.97 Å². The summed E-state index contributed by atoms with van der Waals surface area (Å²) in [6.45, 7) is 1.96. The molecule has 0 spiro atoms. The highest BCUT2D eigenvalue weighted by Crippen LogP contribution is 2.31. The minimum atomic E-state index is -0.538. The van der Waals surface area contributed by atoms with Crippen LogP contribution >= 0.6 is 23.2 Å². The molecule has 0 saturated carbocycles. The average molecular weight is 327 g/mol. The summed E-state index contributed by atoms with van der Waals surface area (Å²) in [7, 11) is 0. The highest BCUT2D eigenvalue weighted by Gasteiger charge is 2.14. The molecule has 0 aliphatic carbocycles. The number of nitrogen functional groups attached to an aromatic ring is 1. The van der Waals surface area contributed by atoms with E-state index in [-0.39, 0.29) is 23.7 Å². The molecule has 7 heteroatoms. The summed E-state index contributed by atoms with van der Waals surface area (Å²) in [4.78, 5) is 15.7. The number of carbonyl (C=O) groups is 1. The van der Waals surface area contributed by atoms with E-state index in [2.05, 4.69) is 4.98 Å². The van der Waals surface area contributed by atoms with Crippen molar-refractivity contribution in [1.82, 2.24) is 4.98 Å². The maximum absolute atomic E-state index is 11.8. The predicted octanol–water partition coefficient (Wildman–Crippen LogP) is 3.94. The number of esters is 1. The smallest absolute Gasteiger partial charge is 0.340 e. The van der Waals surface area contributed by atoms with E-state index < -0.39 is 5.97 Å². The van der Waals surface area contributed by atoms with Crippen LogP contribution in [0.4, 0.5) is 5.69 Å². The molecule has 0 radical (unpaired) electrons. The van der Waals surface area contributed by atoms with Crippen molar-refractivity contribution in [1.29, 1.82) is 0 Å². The SMILES string of the molecule is CCOC(=O)c1cc(Oc2ccc(Cl)cc2Cl)ncc1N. The molecule has 5 nitrogen and oxygen atoms in total. The Morgan fingerprint density at radius 1 is 1.33 bits per heavy atom. The van der Waals surface area contributed by atoms with Gasteiger partial charge < -0.3 is 15.2 Å². The van der Waals surface area contributed by atoms with E-state index in [1.54, 1.807) is 25.1 Å². The van der Waals surface area contributed by atoms with Gasteiger partial charge in [0.05, 0.1) is 29.1 Å². The zero-order chi connectivity index (χ0) is 15.4. The van der Waals surface area contributed by atoms with Crippen molar-refractivity contribution in [3.8, 4) is 11.6 Å². The van der Waals surface area contributed by atoms with Gasteiger partial charge in [0.1, 0.15) is 5.75 Å². The number of benzene rings is 1. The topological polar surface area (TPSA) is 74.4 Å². The quantitative estimate of drug-likeness (QED) is 0.861. The number of nitrogens with zero attached hydrogens (tertiary/aromatic N) is 1. The van der Waals surface area contributed by atoms with Crippen molar-refractivity contribution in [3.05, 3.63) is 46.1 Å². The van der Waals surface area contributed by atoms with Crippen LogP contribution in [0.5, 0.6) is 11.6 Å². The Kier molecular flexibility index (Phi) is 4.88. The highest BCUT2D eigenvalue weighted by molar-refractivity contribution is 6.35. The van der Waals surface area contributed by atoms with Crippen LogP contribution in [-0.4, -0.2) is 17.6 Å². The van der Waals surface area contributed by atoms with Gasteiger partial charge in [0.2, 0.25) is 5.88 Å². The van der Waals surface area contributed by atoms with E-state index in [9.17, 15) is 4.79 Å². The van der Waals surface area contributed by atoms with Gasteiger partial charge in [-0.15, -0.1) is 0 Å². The summed E-state index contributed by atoms with van der Waals surface area (Å²) in [5.41, 5.74) is 6.10. The lowest BCUT2D eigenvalue weighted by atomic mass is 10.2. The van der Waals surface area contributed by atoms with Gasteiger partial charge in [0, 0.05) is 11.1 Å². The summed E-state index contributed by atoms with van der Waals surface area (Å²) in [5.74, 6) is 0.00840. The molecule has 110 valence electrons. The lowest BCUT2D eigenvalue weighted by Crippen LogP contribution is -2.08. The van der Waals surface area contributed by atoms with Crippen molar-refractivity contribution < 1.29 is 14.3 Å². The van der Waals surface area contributed by atoms with Crippen LogP contribution in [0.3, 0.4) is 0 Å². The summed E-state index contributed by atoms with van der Waals surface area (Å²) in [5, 5.41) is 0.823. The first kappa shape index (κ1) is 15.4. The third kappa shape index (κ3) is 3.77. The lowest BCUT2D eigenvalue weighted by molar-refractivity contribution is 0.0527. The van der Waals surface area contributed by atoms with E-state index in [1.807, 2.05) is 0 Å². The monoisotopic (exact) mass is 326 g/mol. The minimum absolute atomic E-state index is 0.177. The molecule has 0 atom stereocenters. The Bertz CT molecular complexity index is 677. The van der Waals surface area contributed by atoms with Gasteiger partial charge in [-0.05, 0) is 25.1 Å². The van der Waals surface area contributed by atoms with Crippen LogP contribution in [0.25, 0.3) is 0 Å². The van der Waals surface area contributed by atoms with Crippen LogP contribution < -0.4 is 10.5 Å². The van der Waals surface area contributed by atoms with E-state index in [4.69, 9.17) is 38.4 Å². The van der Waals surface area contributed by atoms with Crippen molar-refractivity contribution >= 4 is 34.9 Å². The average Bonchev–Trinajstić information content (AvgIpc) is 2.44. The Hall–Kier alpha value is -1.98. The van der Waals surface area contributed by atoms with Crippen molar-refractivity contribution in [3.63, 3.8) is 0 Å². The number of hydrogen-bond donors (Lipinski definition) is 1. The third-order valence-corrected chi connectivity index (χ3v) is 3.04. The second-order valence-corrected chi connectivity index (χ2v) is 4.85. The number of nitrogens with two attached hydrogens (primary N) is 1. The van der Waals surface area contributed by atoms with Gasteiger partial charge in [0.15, 0.2) is 0 Å². The Morgan fingerprint density at radius 2 is 2.10 bits per heavy atom. The Labute approximate surface area is 131 Å². The number of halogens is 2. The van der Waals surface area contributed by atoms with Crippen LogP contribution in [-0.2, 0) is 4.74 Å². The van der Waals surface area contributed by atoms with Crippen molar-refractivity contribution in [2.75, 3.05) is 12.3 Å². The number of ether oxygens (including phenoxy) is 2. The first-order valence-corrected chi connectivity index (χ1v) is 6.82. The molecule has 0 saturated heterocycles. The van der Waals surface area contributed by atoms with Gasteiger partial charge in [-0.1, -0.05) is 23.2 Å². The number of carbonyl (C=O) groups excluding carboxylic acids is 1. The molecule has 0 fully saturated rings. The molecule has 2 aromatic rings. The van der Waals surface area contributed by atoms with Gasteiger partial charge in [-0.3, -0.25) is 0 Å². The summed E-state index contributed by atoms with van der Waals surface area (Å²) in [6.07, 6.45) is 1.32. The standard InChI is InChI=1S/C14H12Cl2N2O3/c1-2-20-14(19)9-6-13(18-7-11(9)17)21-12-4-3-8(15)5-10(12)16/h3-7H,2,17H2,1H3. The number of rotatable bonds is 4. The number of anilines is 1. The maximum atomic E-state index is 11.8. The fraction of sp³-hybridized carbons (Fsp3) is 0.143. The molecule has 1 aromatic carbocycles. The molecular weight excluding hydrogens is 315 g/mol. The fourth-order valence-electron chi connectivity index (χ4n) is 1.56. The zero-order valence-corrected chi connectivity index (χ0v) is 12.6. The summed E-state index contributed by atoms with van der Waals surface area (Å²) >= 11 is 11.8. The molecule has 2 N–H and O–H groups in total. The second kappa shape index (κ2) is 6.65. The van der Waals surface area contributed by atoms with Crippen molar-refractivity contribution in [2.24, 2.45) is 0 Å². The van der Waals surface area contributed by atoms with Crippen LogP contribution in [0.15, 0.2) is 30.5 Å². The highest BCUT2D eigenvalue weighted by atomic mass is 35.5. The van der Waals surface area contributed by atoms with E-state index in [1.165, 1.54) is 12.3 Å². The number of aromatic nitrogens is 1. The number of hydrogen-bond acceptors (Lipinski definition) is 5. The normalized spacial score (nSPS) is 10.2. The molecule has 0 bridgehead atoms. The molecule has 2 rings (SSSR count). The lowest BCUT2D eigenvalue weighted by Gasteiger charge is -2.09. The van der Waals surface area contributed by atoms with Gasteiger partial charge in [-0.25, -0.2) is 9.78 Å². The molecule has 0 aliphatic heterocycles. The van der Waals surface area contributed by atoms with Gasteiger partial charge in [-0.2, -0.15) is 0 Å². The minimum Gasteiger partial charge on any atom is -0.462 e. The third-order valence-electron chi connectivity index (χ3n) is 2.51. The zero-order valence-electron chi connectivity index (χ0n) is 11.1. The largest absolute Gasteiger partial charge is 0.462 e. The second-order valence-electron chi connectivity index (χ2n) is 4.01. The number of pyridine rings is 1. The Morgan fingerprint density at radius 3 is 2.76 bits per heavy atom. The molecule has 1 heterocycles. The summed E-state index contributed by atoms with van der Waals surface area (Å²) < 4.78 is 10.4. The van der Waals surface area contributed by atoms with E-state index in [0.717, 1.165) is 0 Å². The first-order valence-electron chi connectivity index (χ1n) is 6.06. The maximum Gasteiger partial charge on any atom is 0.340 e. The van der Waals surface area contributed by atoms with E-state index in [0.29, 0.717) is 15.8 Å². The van der Waals surface area contributed by atoms with Crippen LogP contribution in [0.2, 0.25) is 10.0 Å². The predicted molar refractivity (Wildman–Crippen MR) is 81.1 cm³/mol. The van der Waals surface area contributed by atoms with Gasteiger partial charge in [0.25, 0.3) is 0 Å². The first-order chi connectivity index (χ1) is 10.0. The Balaban J connectivity index is 2.28. The molecule has 21 heavy (non-hydrogen) atoms. The van der Waals surface area contributed by atoms with Crippen LogP contribution in [0, 0.1) is 0 Å². The van der Waals surface area contributed by atoms with E-state index >= 15 is 0 Å². The summed E-state index contributed by atoms with van der Waals surface area (Å²) in [6, 6.07) is 6.18. The van der Waals surface area contributed by atoms with Crippen molar-refractivity contribution in [2.45, 2.75) is 6.92 Å². The van der Waals surface area contributed by atoms with Crippen LogP contribution in [0.1, 0.15) is 17.3 Å². The molecule has 0 aliphatic rings. The molecular formula is C14H12Cl2N2O3. The molecule has 0 unspecified atom stereocenters.